The zero-order valence-electron chi connectivity index (χ0n) is 9.79. The Kier molecular flexibility index (Phi) is 5.33. The van der Waals surface area contributed by atoms with Crippen LogP contribution in [-0.4, -0.2) is 35.3 Å². The summed E-state index contributed by atoms with van der Waals surface area (Å²) < 4.78 is 35.7. The van der Waals surface area contributed by atoms with Gasteiger partial charge in [-0.05, 0) is 12.1 Å². The Morgan fingerprint density at radius 3 is 2.68 bits per heavy atom. The number of aliphatic hydroxyl groups excluding tert-OH is 1. The van der Waals surface area contributed by atoms with E-state index in [9.17, 15) is 18.0 Å². The van der Waals surface area contributed by atoms with E-state index < -0.39 is 18.6 Å². The van der Waals surface area contributed by atoms with E-state index in [0.29, 0.717) is 12.0 Å². The fourth-order valence-corrected chi connectivity index (χ4v) is 1.09. The maximum Gasteiger partial charge on any atom is 0.405 e. The molecule has 1 amide bonds. The monoisotopic (exact) mass is 272 g/mol. The maximum absolute atomic E-state index is 11.9. The molecule has 0 aliphatic carbocycles. The molecule has 0 saturated carbocycles. The van der Waals surface area contributed by atoms with E-state index in [4.69, 9.17) is 5.11 Å². The van der Waals surface area contributed by atoms with Gasteiger partial charge < -0.3 is 10.4 Å². The van der Waals surface area contributed by atoms with Crippen LogP contribution in [0.5, 0.6) is 0 Å². The van der Waals surface area contributed by atoms with Gasteiger partial charge in [-0.1, -0.05) is 11.8 Å². The first-order valence-corrected chi connectivity index (χ1v) is 5.33. The fourth-order valence-electron chi connectivity index (χ4n) is 1.09. The van der Waals surface area contributed by atoms with Crippen LogP contribution in [0.25, 0.3) is 0 Å². The Bertz CT molecular complexity index is 486. The first kappa shape index (κ1) is 15.0. The molecule has 0 aliphatic rings. The maximum atomic E-state index is 11.9. The predicted molar refractivity (Wildman–Crippen MR) is 61.2 cm³/mol. The number of carbonyl (C=O) groups is 1. The van der Waals surface area contributed by atoms with Gasteiger partial charge in [0.2, 0.25) is 0 Å². The third kappa shape index (κ3) is 5.88. The van der Waals surface area contributed by atoms with Crippen LogP contribution in [0.1, 0.15) is 22.5 Å². The van der Waals surface area contributed by atoms with Crippen molar-refractivity contribution in [3.05, 3.63) is 29.6 Å². The summed E-state index contributed by atoms with van der Waals surface area (Å²) in [7, 11) is 0. The van der Waals surface area contributed by atoms with E-state index in [1.807, 2.05) is 0 Å². The highest BCUT2D eigenvalue weighted by molar-refractivity contribution is 5.92. The van der Waals surface area contributed by atoms with E-state index in [1.165, 1.54) is 18.3 Å². The van der Waals surface area contributed by atoms with Crippen LogP contribution in [0.3, 0.4) is 0 Å². The number of aliphatic hydroxyl groups is 1. The number of amides is 1. The smallest absolute Gasteiger partial charge is 0.395 e. The van der Waals surface area contributed by atoms with E-state index in [-0.39, 0.29) is 12.3 Å². The van der Waals surface area contributed by atoms with Crippen molar-refractivity contribution in [2.75, 3.05) is 13.2 Å². The number of hydrogen-bond acceptors (Lipinski definition) is 3. The number of carbonyl (C=O) groups excluding carboxylic acids is 1. The number of alkyl halides is 3. The van der Waals surface area contributed by atoms with Crippen molar-refractivity contribution >= 4 is 5.91 Å². The Morgan fingerprint density at radius 1 is 1.42 bits per heavy atom. The Balaban J connectivity index is 2.61. The molecule has 0 bridgehead atoms. The normalized spacial score (nSPS) is 10.5. The summed E-state index contributed by atoms with van der Waals surface area (Å²) in [5, 5.41) is 10.2. The second kappa shape index (κ2) is 6.75. The SMILES string of the molecule is O=C(NCC(F)(F)F)c1ccc(C#CCCO)cn1. The first-order chi connectivity index (χ1) is 8.92. The minimum atomic E-state index is -4.45. The van der Waals surface area contributed by atoms with Crippen molar-refractivity contribution in [1.82, 2.24) is 10.3 Å². The summed E-state index contributed by atoms with van der Waals surface area (Å²) in [6.07, 6.45) is -2.86. The zero-order valence-corrected chi connectivity index (χ0v) is 9.79. The molecule has 1 aromatic heterocycles. The molecule has 1 heterocycles. The largest absolute Gasteiger partial charge is 0.405 e. The number of nitrogens with zero attached hydrogens (tertiary/aromatic N) is 1. The van der Waals surface area contributed by atoms with Gasteiger partial charge in [-0.15, -0.1) is 0 Å². The molecule has 4 nitrogen and oxygen atoms in total. The summed E-state index contributed by atoms with van der Waals surface area (Å²) in [5.41, 5.74) is 0.401. The summed E-state index contributed by atoms with van der Waals surface area (Å²) in [5.74, 6) is 4.44. The lowest BCUT2D eigenvalue weighted by Gasteiger charge is -2.07. The Morgan fingerprint density at radius 2 is 2.16 bits per heavy atom. The number of pyridine rings is 1. The van der Waals surface area contributed by atoms with Gasteiger partial charge in [0.15, 0.2) is 0 Å². The average molecular weight is 272 g/mol. The van der Waals surface area contributed by atoms with Crippen LogP contribution in [0, 0.1) is 11.8 Å². The van der Waals surface area contributed by atoms with Crippen LogP contribution < -0.4 is 5.32 Å². The lowest BCUT2D eigenvalue weighted by atomic mass is 10.2. The second-order valence-electron chi connectivity index (χ2n) is 3.51. The molecular formula is C12H11F3N2O2. The van der Waals surface area contributed by atoms with Crippen LogP contribution in [0.15, 0.2) is 18.3 Å². The summed E-state index contributed by atoms with van der Waals surface area (Å²) >= 11 is 0. The molecule has 7 heteroatoms. The van der Waals surface area contributed by atoms with Gasteiger partial charge in [0.1, 0.15) is 12.2 Å². The van der Waals surface area contributed by atoms with Gasteiger partial charge in [0.25, 0.3) is 5.91 Å². The average Bonchev–Trinajstić information content (AvgIpc) is 2.36. The van der Waals surface area contributed by atoms with Gasteiger partial charge in [-0.3, -0.25) is 4.79 Å². The number of nitrogens with one attached hydrogen (secondary N) is 1. The molecule has 0 unspecified atom stereocenters. The lowest BCUT2D eigenvalue weighted by molar-refractivity contribution is -0.123. The highest BCUT2D eigenvalue weighted by Crippen LogP contribution is 2.12. The minimum Gasteiger partial charge on any atom is -0.395 e. The molecule has 0 aliphatic heterocycles. The highest BCUT2D eigenvalue weighted by atomic mass is 19.4. The van der Waals surface area contributed by atoms with Gasteiger partial charge in [-0.2, -0.15) is 13.2 Å². The minimum absolute atomic E-state index is 0.0572. The molecule has 0 saturated heterocycles. The third-order valence-corrected chi connectivity index (χ3v) is 1.92. The van der Waals surface area contributed by atoms with Crippen LogP contribution in [0.2, 0.25) is 0 Å². The Labute approximate surface area is 107 Å². The van der Waals surface area contributed by atoms with Crippen LogP contribution >= 0.6 is 0 Å². The molecule has 0 radical (unpaired) electrons. The highest BCUT2D eigenvalue weighted by Gasteiger charge is 2.28. The molecule has 1 aromatic rings. The standard InChI is InChI=1S/C12H11F3N2O2/c13-12(14,15)8-17-11(19)10-5-4-9(7-16-10)3-1-2-6-18/h4-5,7,18H,2,6,8H2,(H,17,19). The number of rotatable bonds is 3. The number of hydrogen-bond donors (Lipinski definition) is 2. The van der Waals surface area contributed by atoms with Crippen molar-refractivity contribution in [3.63, 3.8) is 0 Å². The summed E-state index contributed by atoms with van der Waals surface area (Å²) in [4.78, 5) is 15.0. The first-order valence-electron chi connectivity index (χ1n) is 5.33. The van der Waals surface area contributed by atoms with E-state index in [2.05, 4.69) is 16.8 Å². The number of aromatic nitrogens is 1. The quantitative estimate of drug-likeness (QED) is 0.810. The predicted octanol–water partition coefficient (Wildman–Crippen LogP) is 1.11. The van der Waals surface area contributed by atoms with Gasteiger partial charge in [-0.25, -0.2) is 4.98 Å². The molecule has 19 heavy (non-hydrogen) atoms. The summed E-state index contributed by atoms with van der Waals surface area (Å²) in [6, 6.07) is 2.76. The Hall–Kier alpha value is -2.07. The van der Waals surface area contributed by atoms with Crippen LogP contribution in [-0.2, 0) is 0 Å². The van der Waals surface area contributed by atoms with Crippen molar-refractivity contribution < 1.29 is 23.1 Å². The summed E-state index contributed by atoms with van der Waals surface area (Å²) in [6.45, 7) is -1.45. The molecule has 0 atom stereocenters. The van der Waals surface area contributed by atoms with Crippen LogP contribution in [0.4, 0.5) is 13.2 Å². The molecular weight excluding hydrogens is 261 g/mol. The lowest BCUT2D eigenvalue weighted by Crippen LogP contribution is -2.34. The van der Waals surface area contributed by atoms with E-state index in [1.54, 1.807) is 5.32 Å². The van der Waals surface area contributed by atoms with Crippen molar-refractivity contribution in [3.8, 4) is 11.8 Å². The topological polar surface area (TPSA) is 62.2 Å². The van der Waals surface area contributed by atoms with Gasteiger partial charge in [0.05, 0.1) is 6.61 Å². The number of halogens is 3. The van der Waals surface area contributed by atoms with Crippen molar-refractivity contribution in [1.29, 1.82) is 0 Å². The van der Waals surface area contributed by atoms with E-state index in [0.717, 1.165) is 0 Å². The van der Waals surface area contributed by atoms with Crippen molar-refractivity contribution in [2.24, 2.45) is 0 Å². The molecule has 0 aromatic carbocycles. The molecule has 0 fully saturated rings. The van der Waals surface area contributed by atoms with Gasteiger partial charge >= 0.3 is 6.18 Å². The molecule has 102 valence electrons. The zero-order chi connectivity index (χ0) is 14.3. The van der Waals surface area contributed by atoms with Gasteiger partial charge in [0, 0.05) is 18.2 Å². The molecule has 2 N–H and O–H groups in total. The molecule has 0 spiro atoms. The third-order valence-electron chi connectivity index (χ3n) is 1.92. The van der Waals surface area contributed by atoms with Crippen molar-refractivity contribution in [2.45, 2.75) is 12.6 Å². The molecule has 1 rings (SSSR count). The van der Waals surface area contributed by atoms with E-state index >= 15 is 0 Å². The fraction of sp³-hybridized carbons (Fsp3) is 0.333. The second-order valence-corrected chi connectivity index (χ2v) is 3.51.